The van der Waals surface area contributed by atoms with Crippen LogP contribution in [0.3, 0.4) is 0 Å². The van der Waals surface area contributed by atoms with Crippen LogP contribution in [-0.4, -0.2) is 45.1 Å². The molecule has 1 atom stereocenters. The summed E-state index contributed by atoms with van der Waals surface area (Å²) in [6, 6.07) is 4.11. The Morgan fingerprint density at radius 1 is 1.35 bits per heavy atom. The van der Waals surface area contributed by atoms with Gasteiger partial charge in [0.15, 0.2) is 0 Å². The second-order valence-corrected chi connectivity index (χ2v) is 5.22. The van der Waals surface area contributed by atoms with Crippen LogP contribution >= 0.6 is 0 Å². The van der Waals surface area contributed by atoms with Crippen molar-refractivity contribution in [3.63, 3.8) is 0 Å². The molecule has 0 saturated heterocycles. The molecule has 106 valence electrons. The monoisotopic (exact) mass is 273 g/mol. The second-order valence-electron chi connectivity index (χ2n) is 5.22. The molecule has 1 aliphatic rings. The first kappa shape index (κ1) is 13.2. The largest absolute Gasteiger partial charge is 0.384 e. The average molecular weight is 273 g/mol. The molecule has 6 nitrogen and oxygen atoms in total. The summed E-state index contributed by atoms with van der Waals surface area (Å²) in [7, 11) is 3.69. The number of ether oxygens (including phenoxy) is 1. The minimum absolute atomic E-state index is 0.325. The third kappa shape index (κ3) is 2.57. The van der Waals surface area contributed by atoms with Crippen molar-refractivity contribution in [2.24, 2.45) is 7.05 Å². The molecule has 0 aromatic carbocycles. The first-order valence-corrected chi connectivity index (χ1v) is 6.76. The number of hydrogen-bond acceptors (Lipinski definition) is 5. The molecule has 0 spiro atoms. The highest BCUT2D eigenvalue weighted by Crippen LogP contribution is 2.27. The van der Waals surface area contributed by atoms with E-state index in [1.807, 2.05) is 24.1 Å². The van der Waals surface area contributed by atoms with E-state index >= 15 is 0 Å². The zero-order chi connectivity index (χ0) is 13.9. The predicted octanol–water partition coefficient (Wildman–Crippen LogP) is 0.956. The van der Waals surface area contributed by atoms with E-state index in [0.717, 1.165) is 25.3 Å². The normalized spacial score (nSPS) is 19.0. The molecule has 0 N–H and O–H groups in total. The van der Waals surface area contributed by atoms with E-state index in [1.165, 1.54) is 11.3 Å². The van der Waals surface area contributed by atoms with E-state index in [0.29, 0.717) is 12.5 Å². The first-order valence-electron chi connectivity index (χ1n) is 6.76. The van der Waals surface area contributed by atoms with E-state index < -0.39 is 0 Å². The average Bonchev–Trinajstić information content (AvgIpc) is 2.82. The molecule has 6 heteroatoms. The van der Waals surface area contributed by atoms with Crippen molar-refractivity contribution >= 4 is 0 Å². The Bertz CT molecular complexity index is 568. The van der Waals surface area contributed by atoms with Crippen molar-refractivity contribution in [2.75, 3.05) is 20.3 Å². The van der Waals surface area contributed by atoms with Gasteiger partial charge in [-0.05, 0) is 17.7 Å². The number of pyridine rings is 1. The van der Waals surface area contributed by atoms with Crippen molar-refractivity contribution in [1.29, 1.82) is 0 Å². The Balaban J connectivity index is 1.79. The van der Waals surface area contributed by atoms with Gasteiger partial charge >= 0.3 is 0 Å². The number of rotatable bonds is 4. The van der Waals surface area contributed by atoms with Crippen LogP contribution in [0.4, 0.5) is 0 Å². The van der Waals surface area contributed by atoms with Gasteiger partial charge in [0.2, 0.25) is 0 Å². The van der Waals surface area contributed by atoms with E-state index in [2.05, 4.69) is 32.3 Å². The van der Waals surface area contributed by atoms with Gasteiger partial charge in [0.1, 0.15) is 5.69 Å². The van der Waals surface area contributed by atoms with Gasteiger partial charge in [0, 0.05) is 52.1 Å². The van der Waals surface area contributed by atoms with Gasteiger partial charge in [0.05, 0.1) is 12.3 Å². The van der Waals surface area contributed by atoms with E-state index in [9.17, 15) is 0 Å². The molecule has 2 aromatic heterocycles. The molecule has 0 aliphatic carbocycles. The van der Waals surface area contributed by atoms with E-state index in [1.54, 1.807) is 7.11 Å². The zero-order valence-corrected chi connectivity index (χ0v) is 11.9. The highest BCUT2D eigenvalue weighted by atomic mass is 16.5. The Labute approximate surface area is 118 Å². The number of aromatic nitrogens is 4. The van der Waals surface area contributed by atoms with Crippen LogP contribution < -0.4 is 0 Å². The lowest BCUT2D eigenvalue weighted by atomic mass is 9.98. The molecule has 3 heterocycles. The van der Waals surface area contributed by atoms with Gasteiger partial charge < -0.3 is 4.74 Å². The Morgan fingerprint density at radius 3 is 2.90 bits per heavy atom. The Kier molecular flexibility index (Phi) is 3.75. The minimum Gasteiger partial charge on any atom is -0.384 e. The molecule has 0 amide bonds. The number of methoxy groups -OCH3 is 1. The molecule has 0 radical (unpaired) electrons. The summed E-state index contributed by atoms with van der Waals surface area (Å²) in [5.74, 6) is 0.325. The quantitative estimate of drug-likeness (QED) is 0.830. The Morgan fingerprint density at radius 2 is 2.15 bits per heavy atom. The zero-order valence-electron chi connectivity index (χ0n) is 11.9. The van der Waals surface area contributed by atoms with Crippen molar-refractivity contribution < 1.29 is 4.74 Å². The standard InChI is InChI=1S/C14H19N5O/c1-18-14-12(10-20-2)8-19(9-13(14)16-17-18)7-11-3-5-15-6-4-11/h3-6,12H,7-10H2,1-2H3. The molecule has 3 rings (SSSR count). The Hall–Kier alpha value is -1.79. The van der Waals surface area contributed by atoms with Gasteiger partial charge in [0.25, 0.3) is 0 Å². The summed E-state index contributed by atoms with van der Waals surface area (Å²) < 4.78 is 7.23. The maximum absolute atomic E-state index is 5.36. The second kappa shape index (κ2) is 5.68. The smallest absolute Gasteiger partial charge is 0.100 e. The third-order valence-electron chi connectivity index (χ3n) is 3.71. The van der Waals surface area contributed by atoms with Crippen LogP contribution in [-0.2, 0) is 24.9 Å². The lowest BCUT2D eigenvalue weighted by Gasteiger charge is -2.31. The molecule has 0 saturated carbocycles. The summed E-state index contributed by atoms with van der Waals surface area (Å²) in [6.45, 7) is 3.40. The maximum atomic E-state index is 5.36. The molecule has 20 heavy (non-hydrogen) atoms. The molecule has 1 unspecified atom stereocenters. The number of nitrogens with zero attached hydrogens (tertiary/aromatic N) is 5. The van der Waals surface area contributed by atoms with E-state index in [-0.39, 0.29) is 0 Å². The van der Waals surface area contributed by atoms with Gasteiger partial charge in [-0.25, -0.2) is 0 Å². The summed E-state index contributed by atoms with van der Waals surface area (Å²) in [4.78, 5) is 6.44. The fourth-order valence-corrected chi connectivity index (χ4v) is 2.89. The summed E-state index contributed by atoms with van der Waals surface area (Å²) in [6.07, 6.45) is 3.67. The third-order valence-corrected chi connectivity index (χ3v) is 3.71. The predicted molar refractivity (Wildman–Crippen MR) is 74.0 cm³/mol. The topological polar surface area (TPSA) is 56.1 Å². The van der Waals surface area contributed by atoms with Crippen molar-refractivity contribution in [2.45, 2.75) is 19.0 Å². The van der Waals surface area contributed by atoms with Crippen LogP contribution in [0.5, 0.6) is 0 Å². The molecular formula is C14H19N5O. The summed E-state index contributed by atoms with van der Waals surface area (Å²) in [5.41, 5.74) is 3.54. The minimum atomic E-state index is 0.325. The lowest BCUT2D eigenvalue weighted by Crippen LogP contribution is -2.35. The highest BCUT2D eigenvalue weighted by molar-refractivity contribution is 5.20. The fourth-order valence-electron chi connectivity index (χ4n) is 2.89. The van der Waals surface area contributed by atoms with Gasteiger partial charge in [-0.1, -0.05) is 5.21 Å². The number of aryl methyl sites for hydroxylation is 1. The molecule has 2 aromatic rings. The van der Waals surface area contributed by atoms with Crippen molar-refractivity contribution in [3.8, 4) is 0 Å². The van der Waals surface area contributed by atoms with Crippen molar-refractivity contribution in [3.05, 3.63) is 41.5 Å². The molecule has 1 aliphatic heterocycles. The van der Waals surface area contributed by atoms with E-state index in [4.69, 9.17) is 4.74 Å². The van der Waals surface area contributed by atoms with Crippen LogP contribution in [0.2, 0.25) is 0 Å². The lowest BCUT2D eigenvalue weighted by molar-refractivity contribution is 0.132. The molecular weight excluding hydrogens is 254 g/mol. The summed E-state index contributed by atoms with van der Waals surface area (Å²) in [5, 5.41) is 8.43. The maximum Gasteiger partial charge on any atom is 0.100 e. The van der Waals surface area contributed by atoms with Crippen LogP contribution in [0.25, 0.3) is 0 Å². The highest BCUT2D eigenvalue weighted by Gasteiger charge is 2.29. The van der Waals surface area contributed by atoms with Crippen molar-refractivity contribution in [1.82, 2.24) is 24.9 Å². The van der Waals surface area contributed by atoms with Gasteiger partial charge in [-0.2, -0.15) is 0 Å². The first-order chi connectivity index (χ1) is 9.78. The van der Waals surface area contributed by atoms with Crippen LogP contribution in [0.1, 0.15) is 22.9 Å². The van der Waals surface area contributed by atoms with Crippen LogP contribution in [0.15, 0.2) is 24.5 Å². The molecule has 0 bridgehead atoms. The number of hydrogen-bond donors (Lipinski definition) is 0. The van der Waals surface area contributed by atoms with Gasteiger partial charge in [-0.15, -0.1) is 5.10 Å². The molecule has 0 fully saturated rings. The SMILES string of the molecule is COCC1CN(Cc2ccncc2)Cc2nnn(C)c21. The fraction of sp³-hybridized carbons (Fsp3) is 0.500. The number of fused-ring (bicyclic) bond motifs is 1. The van der Waals surface area contributed by atoms with Gasteiger partial charge in [-0.3, -0.25) is 14.6 Å². The summed E-state index contributed by atoms with van der Waals surface area (Å²) >= 11 is 0. The van der Waals surface area contributed by atoms with Crippen LogP contribution in [0, 0.1) is 0 Å².